The topological polar surface area (TPSA) is 95.0 Å². The van der Waals surface area contributed by atoms with Crippen molar-refractivity contribution in [3.63, 3.8) is 0 Å². The van der Waals surface area contributed by atoms with Crippen molar-refractivity contribution in [2.24, 2.45) is 29.1 Å². The van der Waals surface area contributed by atoms with Gasteiger partial charge in [0.25, 0.3) is 0 Å². The summed E-state index contributed by atoms with van der Waals surface area (Å²) in [6, 6.07) is 7.69. The van der Waals surface area contributed by atoms with Crippen molar-refractivity contribution < 1.29 is 55.0 Å². The minimum absolute atomic E-state index is 0.00808. The summed E-state index contributed by atoms with van der Waals surface area (Å²) in [4.78, 5) is 57.8. The minimum atomic E-state index is -5.25. The van der Waals surface area contributed by atoms with Crippen LogP contribution in [-0.4, -0.2) is 28.7 Å². The number of phenolic OH excluding ortho intramolecular Hbond substituents is 1. The van der Waals surface area contributed by atoms with Crippen LogP contribution in [-0.2, 0) is 31.5 Å². The van der Waals surface area contributed by atoms with E-state index in [0.29, 0.717) is 22.6 Å². The summed E-state index contributed by atoms with van der Waals surface area (Å²) in [5.74, 6) is -10.4. The first-order valence-electron chi connectivity index (χ1n) is 15.4. The van der Waals surface area contributed by atoms with Crippen LogP contribution >= 0.6 is 23.2 Å². The summed E-state index contributed by atoms with van der Waals surface area (Å²) < 4.78 is 96.5. The van der Waals surface area contributed by atoms with Crippen molar-refractivity contribution >= 4 is 58.2 Å². The molecule has 0 aromatic heterocycles. The molecule has 2 heterocycles. The number of carbonyl (C=O) groups excluding carboxylic acids is 4. The van der Waals surface area contributed by atoms with Gasteiger partial charge >= 0.3 is 12.4 Å². The molecule has 2 aliphatic heterocycles. The Balaban J connectivity index is 1.36. The second-order valence-corrected chi connectivity index (χ2v) is 14.1. The molecule has 0 unspecified atom stereocenters. The number of hydrogen-bond acceptors (Lipinski definition) is 5. The third kappa shape index (κ3) is 5.23. The first-order valence-corrected chi connectivity index (χ1v) is 16.2. The molecule has 0 spiro atoms. The highest BCUT2D eigenvalue weighted by atomic mass is 35.5. The molecular weight excluding hydrogens is 732 g/mol. The number of imide groups is 2. The van der Waals surface area contributed by atoms with Crippen LogP contribution in [0, 0.1) is 34.9 Å². The zero-order valence-corrected chi connectivity index (χ0v) is 27.5. The second kappa shape index (κ2) is 11.5. The zero-order valence-electron chi connectivity index (χ0n) is 26.0. The first-order chi connectivity index (χ1) is 23.7. The molecule has 7 rings (SSSR count). The van der Waals surface area contributed by atoms with Gasteiger partial charge in [-0.1, -0.05) is 40.9 Å². The van der Waals surface area contributed by atoms with E-state index in [2.05, 4.69) is 0 Å². The average Bonchev–Trinajstić information content (AvgIpc) is 3.41. The highest BCUT2D eigenvalue weighted by Gasteiger charge is 2.68. The number of alkyl halides is 6. The number of aromatic hydroxyl groups is 1. The standard InChI is InChI=1S/C35H23Cl2F7N2O5/c1-33-23(30(49)46(32(33)51)16-2-7-26(38)25(37)11-16)13-22-19(28(33)20-4-3-18(47)12-24(20)36)5-6-21-27(22)31(50)45(29(21)48)17-9-14(34(39,40)41)8-15(10-17)35(42,43)44/h2-5,7-12,21-23,27-28,47H,6,13H2,1H3/t21-,22+,23-,27-,28+,33+/m0/s1. The summed E-state index contributed by atoms with van der Waals surface area (Å²) in [5, 5.41) is 9.74. The number of allylic oxidation sites excluding steroid dienone is 2. The number of anilines is 2. The van der Waals surface area contributed by atoms with Crippen LogP contribution in [0.3, 0.4) is 0 Å². The Kier molecular flexibility index (Phi) is 7.92. The van der Waals surface area contributed by atoms with E-state index in [0.717, 1.165) is 17.0 Å². The Morgan fingerprint density at radius 1 is 0.765 bits per heavy atom. The molecule has 3 aromatic carbocycles. The van der Waals surface area contributed by atoms with Crippen LogP contribution in [0.25, 0.3) is 0 Å². The van der Waals surface area contributed by atoms with Gasteiger partial charge in [-0.05, 0) is 79.8 Å². The lowest BCUT2D eigenvalue weighted by Crippen LogP contribution is -2.49. The predicted molar refractivity (Wildman–Crippen MR) is 168 cm³/mol. The maximum Gasteiger partial charge on any atom is 0.416 e. The molecule has 4 aliphatic rings. The van der Waals surface area contributed by atoms with Crippen molar-refractivity contribution in [1.82, 2.24) is 0 Å². The number of fused-ring (bicyclic) bond motifs is 4. The van der Waals surface area contributed by atoms with Crippen LogP contribution in [0.1, 0.15) is 42.4 Å². The molecule has 7 nitrogen and oxygen atoms in total. The number of amides is 4. The lowest BCUT2D eigenvalue weighted by molar-refractivity contribution is -0.143. The lowest BCUT2D eigenvalue weighted by Gasteiger charge is -2.49. The van der Waals surface area contributed by atoms with E-state index in [1.165, 1.54) is 31.2 Å². The molecule has 1 N–H and O–H groups in total. The monoisotopic (exact) mass is 754 g/mol. The van der Waals surface area contributed by atoms with Gasteiger partial charge in [-0.25, -0.2) is 14.2 Å². The maximum absolute atomic E-state index is 14.4. The van der Waals surface area contributed by atoms with Crippen LogP contribution in [0.15, 0.2) is 66.2 Å². The van der Waals surface area contributed by atoms with Crippen molar-refractivity contribution in [3.8, 4) is 5.75 Å². The Hall–Kier alpha value is -4.43. The fourth-order valence-corrected chi connectivity index (χ4v) is 8.76. The molecule has 3 fully saturated rings. The van der Waals surface area contributed by atoms with E-state index in [9.17, 15) is 55.0 Å². The highest BCUT2D eigenvalue weighted by Crippen LogP contribution is 2.64. The largest absolute Gasteiger partial charge is 0.508 e. The Morgan fingerprint density at radius 3 is 2.00 bits per heavy atom. The van der Waals surface area contributed by atoms with Crippen LogP contribution in [0.4, 0.5) is 42.1 Å². The number of rotatable bonds is 3. The van der Waals surface area contributed by atoms with Crippen molar-refractivity contribution in [2.45, 2.75) is 38.0 Å². The smallest absolute Gasteiger partial charge is 0.416 e. The summed E-state index contributed by atoms with van der Waals surface area (Å²) >= 11 is 12.6. The van der Waals surface area contributed by atoms with Gasteiger partial charge in [-0.15, -0.1) is 0 Å². The summed E-state index contributed by atoms with van der Waals surface area (Å²) in [7, 11) is 0. The van der Waals surface area contributed by atoms with Gasteiger partial charge in [-0.2, -0.15) is 26.3 Å². The van der Waals surface area contributed by atoms with Gasteiger partial charge in [0.1, 0.15) is 11.6 Å². The van der Waals surface area contributed by atoms with Crippen molar-refractivity contribution in [3.05, 3.63) is 98.8 Å². The normalized spacial score (nSPS) is 27.8. The van der Waals surface area contributed by atoms with Gasteiger partial charge in [0.15, 0.2) is 0 Å². The van der Waals surface area contributed by atoms with Gasteiger partial charge in [0.05, 0.1) is 50.7 Å². The number of halogens is 9. The lowest BCUT2D eigenvalue weighted by atomic mass is 9.51. The maximum atomic E-state index is 14.4. The van der Waals surface area contributed by atoms with E-state index in [-0.39, 0.29) is 46.0 Å². The van der Waals surface area contributed by atoms with E-state index in [4.69, 9.17) is 23.2 Å². The third-order valence-corrected chi connectivity index (χ3v) is 11.2. The third-order valence-electron chi connectivity index (χ3n) is 10.6. The zero-order chi connectivity index (χ0) is 37.1. The van der Waals surface area contributed by atoms with Gasteiger partial charge in [0.2, 0.25) is 23.6 Å². The van der Waals surface area contributed by atoms with E-state index >= 15 is 0 Å². The molecule has 3 aromatic rings. The number of benzene rings is 3. The molecule has 16 heteroatoms. The minimum Gasteiger partial charge on any atom is -0.508 e. The summed E-state index contributed by atoms with van der Waals surface area (Å²) in [5.41, 5.74) is -5.30. The van der Waals surface area contributed by atoms with Crippen LogP contribution in [0.5, 0.6) is 5.75 Å². The molecule has 1 saturated carbocycles. The van der Waals surface area contributed by atoms with Crippen molar-refractivity contribution in [1.29, 1.82) is 0 Å². The average molecular weight is 755 g/mol. The fraction of sp³-hybridized carbons (Fsp3) is 0.314. The van der Waals surface area contributed by atoms with E-state index < -0.39 is 93.6 Å². The molecule has 266 valence electrons. The SMILES string of the molecule is C[C@@]12C(=O)N(c3ccc(F)c(Cl)c3)C(=O)[C@@H]1C[C@@H]1C(=CC[C@@H]3C(=O)N(c4cc(C(F)(F)F)cc(C(F)(F)F)c4)C(=O)[C@@H]31)[C@@H]2c1ccc(O)cc1Cl. The molecule has 2 aliphatic carbocycles. The van der Waals surface area contributed by atoms with E-state index in [1.54, 1.807) is 6.08 Å². The molecule has 51 heavy (non-hydrogen) atoms. The second-order valence-electron chi connectivity index (χ2n) is 13.2. The molecule has 0 radical (unpaired) electrons. The van der Waals surface area contributed by atoms with Crippen LogP contribution < -0.4 is 9.80 Å². The molecular formula is C35H23Cl2F7N2O5. The molecule has 2 saturated heterocycles. The fourth-order valence-electron chi connectivity index (χ4n) is 8.30. The number of phenols is 1. The summed E-state index contributed by atoms with van der Waals surface area (Å²) in [6.45, 7) is 1.52. The van der Waals surface area contributed by atoms with Crippen LogP contribution in [0.2, 0.25) is 10.0 Å². The molecule has 6 atom stereocenters. The van der Waals surface area contributed by atoms with Gasteiger partial charge < -0.3 is 5.11 Å². The quantitative estimate of drug-likeness (QED) is 0.165. The number of carbonyl (C=O) groups is 4. The van der Waals surface area contributed by atoms with Gasteiger partial charge in [0, 0.05) is 10.9 Å². The van der Waals surface area contributed by atoms with Crippen molar-refractivity contribution in [2.75, 3.05) is 9.80 Å². The Morgan fingerprint density at radius 2 is 1.41 bits per heavy atom. The first kappa shape index (κ1) is 35.0. The number of hydrogen-bond donors (Lipinski definition) is 1. The predicted octanol–water partition coefficient (Wildman–Crippen LogP) is 8.31. The Bertz CT molecular complexity index is 2070. The van der Waals surface area contributed by atoms with Gasteiger partial charge in [-0.3, -0.25) is 19.2 Å². The van der Waals surface area contributed by atoms with E-state index in [1.807, 2.05) is 0 Å². The summed E-state index contributed by atoms with van der Waals surface area (Å²) in [6.07, 6.45) is -9.28. The molecule has 4 amide bonds. The highest BCUT2D eigenvalue weighted by molar-refractivity contribution is 6.32. The Labute approximate surface area is 294 Å². The molecule has 0 bridgehead atoms. The number of nitrogens with zero attached hydrogens (tertiary/aromatic N) is 2.